The van der Waals surface area contributed by atoms with Crippen LogP contribution in [0, 0.1) is 0 Å². The second-order valence-electron chi connectivity index (χ2n) is 3.72. The summed E-state index contributed by atoms with van der Waals surface area (Å²) in [5.74, 6) is -0.0343. The first kappa shape index (κ1) is 12.8. The number of halogens is 1. The molecule has 0 radical (unpaired) electrons. The van der Waals surface area contributed by atoms with E-state index in [4.69, 9.17) is 11.6 Å². The van der Waals surface area contributed by atoms with Crippen molar-refractivity contribution in [1.29, 1.82) is 0 Å². The first-order valence-electron chi connectivity index (χ1n) is 4.94. The molecule has 1 aromatic rings. The molecule has 0 atom stereocenters. The van der Waals surface area contributed by atoms with E-state index in [1.165, 1.54) is 4.90 Å². The van der Waals surface area contributed by atoms with E-state index in [1.807, 2.05) is 6.07 Å². The largest absolute Gasteiger partial charge is 0.353 e. The molecule has 0 unspecified atom stereocenters. The van der Waals surface area contributed by atoms with Crippen molar-refractivity contribution in [1.82, 2.24) is 15.2 Å². The summed E-state index contributed by atoms with van der Waals surface area (Å²) >= 11 is 5.61. The van der Waals surface area contributed by atoms with Crippen LogP contribution in [0.1, 0.15) is 16.2 Å². The van der Waals surface area contributed by atoms with Crippen molar-refractivity contribution in [3.8, 4) is 0 Å². The van der Waals surface area contributed by atoms with Gasteiger partial charge in [-0.1, -0.05) is 18.2 Å². The minimum atomic E-state index is -0.0343. The number of nitrogens with one attached hydrogen (secondary N) is 2. The van der Waals surface area contributed by atoms with Crippen molar-refractivity contribution in [3.05, 3.63) is 35.1 Å². The fourth-order valence-electron chi connectivity index (χ4n) is 1.24. The molecule has 0 fully saturated rings. The van der Waals surface area contributed by atoms with Crippen molar-refractivity contribution in [3.63, 3.8) is 0 Å². The van der Waals surface area contributed by atoms with Crippen LogP contribution in [0.3, 0.4) is 0 Å². The Morgan fingerprint density at radius 3 is 2.81 bits per heavy atom. The van der Waals surface area contributed by atoms with Crippen molar-refractivity contribution >= 4 is 17.5 Å². The Balaban J connectivity index is 2.51. The molecule has 0 spiro atoms. The molecule has 1 heterocycles. The zero-order chi connectivity index (χ0) is 12.1. The third-order valence-corrected chi connectivity index (χ3v) is 2.15. The van der Waals surface area contributed by atoms with Crippen molar-refractivity contribution < 1.29 is 4.79 Å². The number of nitrogens with zero attached hydrogens (tertiary/aromatic N) is 1. The number of H-pyrrole nitrogens is 1. The molecule has 0 saturated heterocycles. The second-order valence-corrected chi connectivity index (χ2v) is 4.25. The molecular formula is C11H16ClN3O. The van der Waals surface area contributed by atoms with Crippen LogP contribution >= 0.6 is 11.6 Å². The predicted molar refractivity (Wildman–Crippen MR) is 65.5 cm³/mol. The van der Waals surface area contributed by atoms with E-state index in [0.717, 1.165) is 5.69 Å². The molecule has 0 aromatic carbocycles. The Hall–Kier alpha value is -1.26. The minimum Gasteiger partial charge on any atom is -0.353 e. The van der Waals surface area contributed by atoms with Gasteiger partial charge in [-0.25, -0.2) is 0 Å². The highest BCUT2D eigenvalue weighted by Crippen LogP contribution is 2.04. The van der Waals surface area contributed by atoms with Gasteiger partial charge in [-0.15, -0.1) is 0 Å². The van der Waals surface area contributed by atoms with Gasteiger partial charge >= 0.3 is 0 Å². The van der Waals surface area contributed by atoms with E-state index in [2.05, 4.69) is 16.9 Å². The van der Waals surface area contributed by atoms with Gasteiger partial charge in [0.2, 0.25) is 0 Å². The van der Waals surface area contributed by atoms with Crippen LogP contribution in [-0.4, -0.2) is 36.4 Å². The Bertz CT molecular complexity index is 384. The maximum absolute atomic E-state index is 11.6. The highest BCUT2D eigenvalue weighted by molar-refractivity contribution is 6.29. The molecule has 2 N–H and O–H groups in total. The summed E-state index contributed by atoms with van der Waals surface area (Å²) in [5.41, 5.74) is 1.54. The summed E-state index contributed by atoms with van der Waals surface area (Å²) in [4.78, 5) is 16.2. The SMILES string of the molecule is C=C(Cl)CNCc1ccc(C(=O)N(C)C)[nH]1. The molecule has 0 bridgehead atoms. The summed E-state index contributed by atoms with van der Waals surface area (Å²) in [6.45, 7) is 4.76. The Morgan fingerprint density at radius 1 is 1.56 bits per heavy atom. The lowest BCUT2D eigenvalue weighted by Crippen LogP contribution is -2.22. The molecule has 1 amide bonds. The maximum atomic E-state index is 11.6. The second kappa shape index (κ2) is 5.72. The smallest absolute Gasteiger partial charge is 0.269 e. The Labute approximate surface area is 100 Å². The minimum absolute atomic E-state index is 0.0343. The lowest BCUT2D eigenvalue weighted by Gasteiger charge is -2.07. The summed E-state index contributed by atoms with van der Waals surface area (Å²) in [6.07, 6.45) is 0. The van der Waals surface area contributed by atoms with E-state index >= 15 is 0 Å². The number of amides is 1. The standard InChI is InChI=1S/C11H16ClN3O/c1-8(12)6-13-7-9-4-5-10(14-9)11(16)15(2)3/h4-5,13-14H,1,6-7H2,2-3H3. The zero-order valence-electron chi connectivity index (χ0n) is 9.51. The van der Waals surface area contributed by atoms with Gasteiger partial charge in [-0.2, -0.15) is 0 Å². The molecule has 16 heavy (non-hydrogen) atoms. The maximum Gasteiger partial charge on any atom is 0.269 e. The average Bonchev–Trinajstić information content (AvgIpc) is 2.64. The van der Waals surface area contributed by atoms with Crippen LogP contribution in [0.5, 0.6) is 0 Å². The quantitative estimate of drug-likeness (QED) is 0.822. The van der Waals surface area contributed by atoms with Crippen LogP contribution in [0.4, 0.5) is 0 Å². The number of carbonyl (C=O) groups is 1. The molecule has 0 saturated carbocycles. The van der Waals surface area contributed by atoms with Gasteiger partial charge in [-0.3, -0.25) is 4.79 Å². The number of hydrogen-bond donors (Lipinski definition) is 2. The van der Waals surface area contributed by atoms with Gasteiger partial charge in [0.25, 0.3) is 5.91 Å². The van der Waals surface area contributed by atoms with Gasteiger partial charge < -0.3 is 15.2 Å². The van der Waals surface area contributed by atoms with Gasteiger partial charge in [0.05, 0.1) is 0 Å². The summed E-state index contributed by atoms with van der Waals surface area (Å²) in [7, 11) is 3.44. The van der Waals surface area contributed by atoms with Crippen LogP contribution in [0.25, 0.3) is 0 Å². The van der Waals surface area contributed by atoms with E-state index in [-0.39, 0.29) is 5.91 Å². The van der Waals surface area contributed by atoms with Gasteiger partial charge in [-0.05, 0) is 12.1 Å². The van der Waals surface area contributed by atoms with E-state index in [9.17, 15) is 4.79 Å². The van der Waals surface area contributed by atoms with Crippen molar-refractivity contribution in [2.45, 2.75) is 6.54 Å². The number of carbonyl (C=O) groups excluding carboxylic acids is 1. The van der Waals surface area contributed by atoms with Gasteiger partial charge in [0.1, 0.15) is 5.69 Å². The van der Waals surface area contributed by atoms with Crippen molar-refractivity contribution in [2.24, 2.45) is 0 Å². The Kier molecular flexibility index (Phi) is 4.58. The molecule has 0 aliphatic heterocycles. The van der Waals surface area contributed by atoms with Crippen molar-refractivity contribution in [2.75, 3.05) is 20.6 Å². The van der Waals surface area contributed by atoms with Crippen LogP contribution in [0.15, 0.2) is 23.7 Å². The fourth-order valence-corrected chi connectivity index (χ4v) is 1.34. The van der Waals surface area contributed by atoms with Gasteiger partial charge in [0.15, 0.2) is 0 Å². The van der Waals surface area contributed by atoms with Crippen LogP contribution in [-0.2, 0) is 6.54 Å². The summed E-state index contributed by atoms with van der Waals surface area (Å²) in [5, 5.41) is 3.66. The van der Waals surface area contributed by atoms with E-state index in [0.29, 0.717) is 23.8 Å². The fraction of sp³-hybridized carbons (Fsp3) is 0.364. The van der Waals surface area contributed by atoms with Gasteiger partial charge in [0, 0.05) is 37.9 Å². The first-order chi connectivity index (χ1) is 7.50. The number of rotatable bonds is 5. The molecular weight excluding hydrogens is 226 g/mol. The highest BCUT2D eigenvalue weighted by atomic mass is 35.5. The highest BCUT2D eigenvalue weighted by Gasteiger charge is 2.09. The molecule has 4 nitrogen and oxygen atoms in total. The molecule has 1 aromatic heterocycles. The third kappa shape index (κ3) is 3.72. The predicted octanol–water partition coefficient (Wildman–Crippen LogP) is 1.56. The molecule has 0 aliphatic carbocycles. The summed E-state index contributed by atoms with van der Waals surface area (Å²) < 4.78 is 0. The average molecular weight is 242 g/mol. The van der Waals surface area contributed by atoms with Crippen LogP contribution in [0.2, 0.25) is 0 Å². The molecule has 88 valence electrons. The van der Waals surface area contributed by atoms with E-state index in [1.54, 1.807) is 20.2 Å². The molecule has 1 rings (SSSR count). The number of hydrogen-bond acceptors (Lipinski definition) is 2. The normalized spacial score (nSPS) is 10.2. The lowest BCUT2D eigenvalue weighted by molar-refractivity contribution is 0.0822. The Morgan fingerprint density at radius 2 is 2.25 bits per heavy atom. The first-order valence-corrected chi connectivity index (χ1v) is 5.32. The molecule has 5 heteroatoms. The van der Waals surface area contributed by atoms with E-state index < -0.39 is 0 Å². The summed E-state index contributed by atoms with van der Waals surface area (Å²) in [6, 6.07) is 3.65. The molecule has 0 aliphatic rings. The zero-order valence-corrected chi connectivity index (χ0v) is 10.3. The number of aromatic amines is 1. The monoisotopic (exact) mass is 241 g/mol. The number of aromatic nitrogens is 1. The topological polar surface area (TPSA) is 48.1 Å². The van der Waals surface area contributed by atoms with Crippen LogP contribution < -0.4 is 5.32 Å². The third-order valence-electron chi connectivity index (χ3n) is 2.02. The lowest BCUT2D eigenvalue weighted by atomic mass is 10.4.